The number of nitrogens with zero attached hydrogens (tertiary/aromatic N) is 36. The van der Waals surface area contributed by atoms with Crippen LogP contribution in [0.2, 0.25) is 0 Å². The summed E-state index contributed by atoms with van der Waals surface area (Å²) >= 11 is 0. The molecule has 2 aliphatic rings. The molecule has 48 heteroatoms. The molecule has 8 heterocycles. The molecule has 0 bridgehead atoms. The van der Waals surface area contributed by atoms with Crippen LogP contribution in [0.25, 0.3) is 0 Å². The van der Waals surface area contributed by atoms with Gasteiger partial charge in [0, 0.05) is 182 Å². The Hall–Kier alpha value is -14.5. The van der Waals surface area contributed by atoms with Crippen molar-refractivity contribution in [2.24, 2.45) is 146 Å². The molecular weight excluding hydrogens is 2040 g/mol. The number of hydrogen-bond donors (Lipinski definition) is 0. The smallest absolute Gasteiger partial charge is 0.421 e. The summed E-state index contributed by atoms with van der Waals surface area (Å²) in [6, 6.07) is 46.6. The molecule has 0 saturated carbocycles. The van der Waals surface area contributed by atoms with Crippen LogP contribution in [0.5, 0.6) is 0 Å². The fourth-order valence-corrected chi connectivity index (χ4v) is 16.9. The highest BCUT2D eigenvalue weighted by Gasteiger charge is 2.36. The van der Waals surface area contributed by atoms with Crippen LogP contribution in [-0.2, 0) is 113 Å². The van der Waals surface area contributed by atoms with Crippen molar-refractivity contribution < 1.29 is 131 Å². The van der Waals surface area contributed by atoms with Gasteiger partial charge in [0.05, 0.1) is 199 Å². The Kier molecular flexibility index (Phi) is 48.2. The van der Waals surface area contributed by atoms with Gasteiger partial charge in [-0.05, 0) is 187 Å². The fraction of sp³-hybridized carbons (Fsp3) is 0.412. The van der Waals surface area contributed by atoms with Gasteiger partial charge in [-0.25, -0.2) is 54.8 Å². The average molecular weight is 2180 g/mol. The van der Waals surface area contributed by atoms with Crippen molar-refractivity contribution in [3.05, 3.63) is 220 Å². The number of imidazole rings is 6. The second-order valence-electron chi connectivity index (χ2n) is 35.6. The van der Waals surface area contributed by atoms with Crippen LogP contribution >= 0.6 is 0 Å². The van der Waals surface area contributed by atoms with E-state index in [1.54, 1.807) is 29.4 Å². The summed E-state index contributed by atoms with van der Waals surface area (Å²) in [4.78, 5) is 108. The Bertz CT molecular complexity index is 5410. The fourth-order valence-electron chi connectivity index (χ4n) is 16.9. The maximum absolute atomic E-state index is 14.2. The van der Waals surface area contributed by atoms with Crippen molar-refractivity contribution in [1.82, 2.24) is 56.8 Å². The highest BCUT2D eigenvalue weighted by atomic mass is 35.5. The number of aryl methyl sites for hydroxylation is 12. The molecule has 0 spiro atoms. The number of carbonyl (C=O) groups is 6. The van der Waals surface area contributed by atoms with Crippen LogP contribution in [-0.4, -0.2) is 211 Å². The lowest BCUT2D eigenvalue weighted by atomic mass is 10.2. The molecule has 6 aromatic heterocycles. The van der Waals surface area contributed by atoms with Gasteiger partial charge in [0.25, 0.3) is 0 Å². The maximum atomic E-state index is 14.2. The molecule has 0 radical (unpaired) electrons. The van der Waals surface area contributed by atoms with Crippen molar-refractivity contribution in [1.29, 1.82) is 0 Å². The Balaban J connectivity index is 0.000000390. The molecule has 2 fully saturated rings. The van der Waals surface area contributed by atoms with Crippen molar-refractivity contribution in [2.75, 3.05) is 148 Å². The number of hydrogen-bond acceptors (Lipinski definition) is 24. The molecule has 0 aliphatic carbocycles. The summed E-state index contributed by atoms with van der Waals surface area (Å²) < 4.78 is 22.8. The number of halogens is 6. The van der Waals surface area contributed by atoms with Gasteiger partial charge in [-0.1, -0.05) is 30.7 Å². The van der Waals surface area contributed by atoms with Gasteiger partial charge in [-0.15, -0.1) is 0 Å². The molecule has 0 atom stereocenters. The third-order valence-corrected chi connectivity index (χ3v) is 25.7. The standard InChI is InChI=1S/2C51H69N18O3.6ClH/c2*1-10-64(43-19-13-40(14-20-43)52-55-49-58(4)31-32-59(49)5)28-25-46(70)67-37-68(47(71)26-29-65(11-2)44-21-15-41(16-22-44)53-56-50-60(6)33-34-61(50)7)39-69(38-67)48(72)27-30-66(12-3)45-23-17-42(18-24-45)54-57-51-62(8)35-36-63(51)9;;;;;;/h2*13-24,31-36H,10-12,25-30,37-39H2,1-9H3;6*1H/q2*+3;;;;;;/p-6. The first-order valence-electron chi connectivity index (χ1n) is 48.8. The summed E-state index contributed by atoms with van der Waals surface area (Å²) in [6.07, 6.45) is 24.2. The molecule has 150 heavy (non-hydrogen) atoms. The first-order valence-corrected chi connectivity index (χ1v) is 48.8. The van der Waals surface area contributed by atoms with Crippen LogP contribution in [0.1, 0.15) is 80.1 Å². The van der Waals surface area contributed by atoms with Crippen LogP contribution < -0.4 is 131 Å². The monoisotopic (exact) mass is 2170 g/mol. The van der Waals surface area contributed by atoms with Gasteiger partial charge in [0.1, 0.15) is 34.1 Å². The second kappa shape index (κ2) is 59.1. The van der Waals surface area contributed by atoms with E-state index in [2.05, 4.69) is 90.8 Å². The number of benzene rings is 6. The van der Waals surface area contributed by atoms with E-state index in [0.717, 1.165) is 69.8 Å². The van der Waals surface area contributed by atoms with E-state index in [1.165, 1.54) is 0 Å². The van der Waals surface area contributed by atoms with Gasteiger partial charge in [0.2, 0.25) is 35.4 Å². The Morgan fingerprint density at radius 2 is 0.333 bits per heavy atom. The Morgan fingerprint density at radius 3 is 0.433 bits per heavy atom. The van der Waals surface area contributed by atoms with Gasteiger partial charge in [0.15, 0.2) is 0 Å². The van der Waals surface area contributed by atoms with E-state index in [1.807, 2.05) is 401 Å². The predicted octanol–water partition coefficient (Wildman–Crippen LogP) is -4.29. The quantitative estimate of drug-likeness (QED) is 0.0259. The van der Waals surface area contributed by atoms with Crippen molar-refractivity contribution in [3.63, 3.8) is 0 Å². The van der Waals surface area contributed by atoms with Crippen LogP contribution in [0.15, 0.2) is 281 Å². The van der Waals surface area contributed by atoms with Gasteiger partial charge >= 0.3 is 35.7 Å². The highest BCUT2D eigenvalue weighted by Crippen LogP contribution is 2.31. The maximum Gasteiger partial charge on any atom is 0.421 e. The molecule has 42 nitrogen and oxygen atoms in total. The Morgan fingerprint density at radius 1 is 0.213 bits per heavy atom. The first-order chi connectivity index (χ1) is 69.5. The van der Waals surface area contributed by atoms with Crippen LogP contribution in [0.3, 0.4) is 0 Å². The molecule has 2 aliphatic heterocycles. The van der Waals surface area contributed by atoms with Crippen LogP contribution in [0.4, 0.5) is 104 Å². The first kappa shape index (κ1) is 122. The number of azo groups is 6. The third kappa shape index (κ3) is 32.8. The van der Waals surface area contributed by atoms with Gasteiger partial charge in [-0.3, -0.25) is 28.8 Å². The number of aromatic nitrogens is 12. The SMILES string of the molecule is CCN(CCC(=O)N1CN(C(=O)CCN(CC)c2ccc(N=Nc3n(C)cc[n+]3C)cc2)CN(C(=O)CCN(CC)c2ccc(N=Nc3n(C)cc[n+]3C)cc2)C1)c1ccc(N=Nc2n(C)cc[n+]2C)cc1.CCN(CCC(=O)N1CN(C(=O)CCN(CC)c2ccc(N=Nc3n(C)cc[n+]3C)cc2)CN(C(=O)CCN(CC)c2ccc(N=Nc3n(C)cc[n+]3C)cc2)C1)c1ccc(N=Nc2n(C)cc[n+]2C)cc1.[Cl-].[Cl-].[Cl-].[Cl-].[Cl-].[Cl-]. The molecule has 0 N–H and O–H groups in total. The zero-order valence-corrected chi connectivity index (χ0v) is 93.1. The minimum Gasteiger partial charge on any atom is -1.00 e. The molecule has 6 aromatic carbocycles. The highest BCUT2D eigenvalue weighted by molar-refractivity contribution is 5.84. The minimum atomic E-state index is -0.147. The van der Waals surface area contributed by atoms with E-state index < -0.39 is 0 Å². The minimum absolute atomic E-state index is 0. The second-order valence-corrected chi connectivity index (χ2v) is 35.6. The normalized spacial score (nSPS) is 12.5. The largest absolute Gasteiger partial charge is 1.00 e. The summed E-state index contributed by atoms with van der Waals surface area (Å²) in [5.41, 5.74) is 9.94. The number of amides is 6. The average Bonchev–Trinajstić information content (AvgIpc) is 1.46. The molecule has 804 valence electrons. The van der Waals surface area contributed by atoms with E-state index in [9.17, 15) is 28.8 Å². The lowest BCUT2D eigenvalue weighted by Gasteiger charge is -2.43. The summed E-state index contributed by atoms with van der Waals surface area (Å²) in [6.45, 7) is 19.5. The molecular formula is C102H138Cl6N36O6. The van der Waals surface area contributed by atoms with Crippen molar-refractivity contribution in [2.45, 2.75) is 80.1 Å². The lowest BCUT2D eigenvalue weighted by molar-refractivity contribution is -0.657. The van der Waals surface area contributed by atoms with Gasteiger partial charge < -0.3 is 133 Å². The summed E-state index contributed by atoms with van der Waals surface area (Å²) in [5.74, 6) is 3.43. The van der Waals surface area contributed by atoms with Gasteiger partial charge in [-0.2, -0.15) is 0 Å². The number of rotatable bonds is 42. The van der Waals surface area contributed by atoms with E-state index in [0.29, 0.717) is 113 Å². The Labute approximate surface area is 914 Å². The molecule has 14 rings (SSSR count). The zero-order chi connectivity index (χ0) is 103. The molecule has 2 saturated heterocycles. The van der Waals surface area contributed by atoms with E-state index >= 15 is 0 Å². The van der Waals surface area contributed by atoms with Crippen molar-refractivity contribution >= 4 is 139 Å². The van der Waals surface area contributed by atoms with Crippen molar-refractivity contribution in [3.8, 4) is 0 Å². The number of anilines is 6. The van der Waals surface area contributed by atoms with E-state index in [4.69, 9.17) is 0 Å². The zero-order valence-electron chi connectivity index (χ0n) is 88.6. The van der Waals surface area contributed by atoms with E-state index in [-0.39, 0.29) is 188 Å². The third-order valence-electron chi connectivity index (χ3n) is 25.7. The summed E-state index contributed by atoms with van der Waals surface area (Å²) in [5, 5.41) is 53.0. The number of carbonyl (C=O) groups excluding carboxylic acids is 6. The lowest BCUT2D eigenvalue weighted by Crippen LogP contribution is -3.00. The molecule has 0 unspecified atom stereocenters. The topological polar surface area (TPSA) is 342 Å². The molecule has 12 aromatic rings. The predicted molar refractivity (Wildman–Crippen MR) is 549 cm³/mol. The van der Waals surface area contributed by atoms with Crippen LogP contribution in [0, 0.1) is 0 Å². The molecule has 6 amide bonds. The summed E-state index contributed by atoms with van der Waals surface area (Å²) in [7, 11) is 23.0.